The van der Waals surface area contributed by atoms with Gasteiger partial charge in [0.25, 0.3) is 0 Å². The number of anilines is 1. The third kappa shape index (κ3) is 3.63. The van der Waals surface area contributed by atoms with Crippen LogP contribution in [0.3, 0.4) is 0 Å². The number of nitrogens with zero attached hydrogens (tertiary/aromatic N) is 1. The number of hydrogen-bond donors (Lipinski definition) is 1. The van der Waals surface area contributed by atoms with Gasteiger partial charge in [-0.3, -0.25) is 5.43 Å². The summed E-state index contributed by atoms with van der Waals surface area (Å²) in [5.74, 6) is 0.861. The molecule has 0 bridgehead atoms. The van der Waals surface area contributed by atoms with E-state index in [1.807, 2.05) is 43.3 Å². The minimum Gasteiger partial charge on any atom is -0.497 e. The molecule has 4 heteroatoms. The second kappa shape index (κ2) is 6.71. The first kappa shape index (κ1) is 15.4. The van der Waals surface area contributed by atoms with Crippen LogP contribution in [0.5, 0.6) is 5.75 Å². The zero-order valence-electron chi connectivity index (χ0n) is 13.0. The highest BCUT2D eigenvalue weighted by Gasteiger charge is 2.02. The lowest BCUT2D eigenvalue weighted by molar-refractivity contribution is 0.415. The molecule has 0 aliphatic carbocycles. The molecule has 0 saturated carbocycles. The van der Waals surface area contributed by atoms with Crippen LogP contribution in [0.4, 0.5) is 5.69 Å². The lowest BCUT2D eigenvalue weighted by atomic mass is 10.0. The van der Waals surface area contributed by atoms with Gasteiger partial charge < -0.3 is 4.74 Å². The molecule has 0 atom stereocenters. The van der Waals surface area contributed by atoms with Crippen molar-refractivity contribution in [1.29, 1.82) is 0 Å². The minimum absolute atomic E-state index is 0.709. The molecule has 0 saturated heterocycles. The molecule has 3 rings (SSSR count). The summed E-state index contributed by atoms with van der Waals surface area (Å²) in [6, 6.07) is 19.8. The SMILES string of the molecule is COc1ccc2cc(/C(C)=N/Nc3ccc(Cl)cc3)ccc2c1. The Morgan fingerprint density at radius 1 is 0.957 bits per heavy atom. The smallest absolute Gasteiger partial charge is 0.119 e. The Hall–Kier alpha value is -2.52. The summed E-state index contributed by atoms with van der Waals surface area (Å²) in [5.41, 5.74) is 5.94. The van der Waals surface area contributed by atoms with Crippen molar-refractivity contribution in [3.05, 3.63) is 71.2 Å². The maximum atomic E-state index is 5.87. The first-order chi connectivity index (χ1) is 11.2. The van der Waals surface area contributed by atoms with Crippen LogP contribution < -0.4 is 10.2 Å². The summed E-state index contributed by atoms with van der Waals surface area (Å²) in [6.45, 7) is 1.98. The molecule has 3 nitrogen and oxygen atoms in total. The van der Waals surface area contributed by atoms with E-state index in [0.717, 1.165) is 33.5 Å². The fraction of sp³-hybridized carbons (Fsp3) is 0.105. The normalized spacial score (nSPS) is 11.5. The van der Waals surface area contributed by atoms with Gasteiger partial charge in [-0.15, -0.1) is 0 Å². The van der Waals surface area contributed by atoms with E-state index >= 15 is 0 Å². The van der Waals surface area contributed by atoms with Crippen LogP contribution >= 0.6 is 11.6 Å². The van der Waals surface area contributed by atoms with E-state index in [-0.39, 0.29) is 0 Å². The quantitative estimate of drug-likeness (QED) is 0.519. The molecule has 0 aliphatic heterocycles. The summed E-state index contributed by atoms with van der Waals surface area (Å²) in [4.78, 5) is 0. The van der Waals surface area contributed by atoms with Crippen molar-refractivity contribution in [2.75, 3.05) is 12.5 Å². The molecule has 0 unspecified atom stereocenters. The van der Waals surface area contributed by atoms with Crippen LogP contribution in [-0.2, 0) is 0 Å². The summed E-state index contributed by atoms with van der Waals surface area (Å²) in [7, 11) is 1.68. The van der Waals surface area contributed by atoms with Crippen molar-refractivity contribution in [2.24, 2.45) is 5.10 Å². The van der Waals surface area contributed by atoms with Gasteiger partial charge in [0.15, 0.2) is 0 Å². The zero-order valence-corrected chi connectivity index (χ0v) is 13.8. The number of hydrogen-bond acceptors (Lipinski definition) is 3. The minimum atomic E-state index is 0.709. The monoisotopic (exact) mass is 324 g/mol. The maximum absolute atomic E-state index is 5.87. The van der Waals surface area contributed by atoms with Crippen LogP contribution in [0, 0.1) is 0 Å². The first-order valence-corrected chi connectivity index (χ1v) is 7.67. The zero-order chi connectivity index (χ0) is 16.2. The Labute approximate surface area is 140 Å². The largest absolute Gasteiger partial charge is 0.497 e. The number of benzene rings is 3. The van der Waals surface area contributed by atoms with Crippen molar-refractivity contribution < 1.29 is 4.74 Å². The highest BCUT2D eigenvalue weighted by molar-refractivity contribution is 6.30. The standard InChI is InChI=1S/C19H17ClN2O/c1-13(21-22-18-8-6-17(20)7-9-18)14-3-4-16-12-19(23-2)10-5-15(16)11-14/h3-12,22H,1-2H3/b21-13+. The molecule has 1 N–H and O–H groups in total. The van der Waals surface area contributed by atoms with Gasteiger partial charge in [0.05, 0.1) is 18.5 Å². The molecular formula is C19H17ClN2O. The fourth-order valence-corrected chi connectivity index (χ4v) is 2.44. The molecule has 0 spiro atoms. The molecule has 0 heterocycles. The van der Waals surface area contributed by atoms with E-state index in [1.54, 1.807) is 7.11 Å². The lowest BCUT2D eigenvalue weighted by Gasteiger charge is -2.07. The Balaban J connectivity index is 1.83. The van der Waals surface area contributed by atoms with E-state index in [1.165, 1.54) is 0 Å². The highest BCUT2D eigenvalue weighted by Crippen LogP contribution is 2.22. The van der Waals surface area contributed by atoms with E-state index < -0.39 is 0 Å². The van der Waals surface area contributed by atoms with Gasteiger partial charge in [-0.05, 0) is 65.7 Å². The van der Waals surface area contributed by atoms with Gasteiger partial charge in [0.2, 0.25) is 0 Å². The Kier molecular flexibility index (Phi) is 4.49. The lowest BCUT2D eigenvalue weighted by Crippen LogP contribution is -1.99. The van der Waals surface area contributed by atoms with Gasteiger partial charge in [0.1, 0.15) is 5.75 Å². The molecule has 0 amide bonds. The third-order valence-electron chi connectivity index (χ3n) is 3.66. The number of methoxy groups -OCH3 is 1. The summed E-state index contributed by atoms with van der Waals surface area (Å²) in [6.07, 6.45) is 0. The number of fused-ring (bicyclic) bond motifs is 1. The molecular weight excluding hydrogens is 308 g/mol. The summed E-state index contributed by atoms with van der Waals surface area (Å²) in [5, 5.41) is 7.44. The average molecular weight is 325 g/mol. The van der Waals surface area contributed by atoms with E-state index in [4.69, 9.17) is 16.3 Å². The Bertz CT molecular complexity index is 857. The van der Waals surface area contributed by atoms with Crippen molar-refractivity contribution in [2.45, 2.75) is 6.92 Å². The van der Waals surface area contributed by atoms with Crippen molar-refractivity contribution in [3.63, 3.8) is 0 Å². The van der Waals surface area contributed by atoms with Gasteiger partial charge in [0, 0.05) is 5.02 Å². The molecule has 116 valence electrons. The second-order valence-electron chi connectivity index (χ2n) is 5.24. The molecule has 3 aromatic rings. The second-order valence-corrected chi connectivity index (χ2v) is 5.68. The number of rotatable bonds is 4. The Morgan fingerprint density at radius 2 is 1.65 bits per heavy atom. The van der Waals surface area contributed by atoms with Crippen LogP contribution in [0.1, 0.15) is 12.5 Å². The molecule has 0 radical (unpaired) electrons. The van der Waals surface area contributed by atoms with Gasteiger partial charge in [-0.1, -0.05) is 29.8 Å². The predicted molar refractivity (Wildman–Crippen MR) is 97.8 cm³/mol. The number of hydrazone groups is 1. The van der Waals surface area contributed by atoms with Crippen LogP contribution in [0.25, 0.3) is 10.8 Å². The average Bonchev–Trinajstić information content (AvgIpc) is 2.60. The maximum Gasteiger partial charge on any atom is 0.119 e. The molecule has 0 aromatic heterocycles. The van der Waals surface area contributed by atoms with Crippen molar-refractivity contribution >= 4 is 33.8 Å². The fourth-order valence-electron chi connectivity index (χ4n) is 2.31. The number of nitrogens with one attached hydrogen (secondary N) is 1. The van der Waals surface area contributed by atoms with Gasteiger partial charge in [-0.25, -0.2) is 0 Å². The third-order valence-corrected chi connectivity index (χ3v) is 3.91. The van der Waals surface area contributed by atoms with Crippen molar-refractivity contribution in [1.82, 2.24) is 0 Å². The molecule has 3 aromatic carbocycles. The number of halogens is 1. The summed E-state index contributed by atoms with van der Waals surface area (Å²) < 4.78 is 5.25. The van der Waals surface area contributed by atoms with E-state index in [9.17, 15) is 0 Å². The predicted octanol–water partition coefficient (Wildman–Crippen LogP) is 5.34. The molecule has 0 aliphatic rings. The molecule has 0 fully saturated rings. The Morgan fingerprint density at radius 3 is 2.39 bits per heavy atom. The number of ether oxygens (including phenoxy) is 1. The van der Waals surface area contributed by atoms with Crippen LogP contribution in [-0.4, -0.2) is 12.8 Å². The van der Waals surface area contributed by atoms with E-state index in [0.29, 0.717) is 5.02 Å². The van der Waals surface area contributed by atoms with Crippen LogP contribution in [0.2, 0.25) is 5.02 Å². The van der Waals surface area contributed by atoms with Gasteiger partial charge >= 0.3 is 0 Å². The summed E-state index contributed by atoms with van der Waals surface area (Å²) >= 11 is 5.87. The van der Waals surface area contributed by atoms with Gasteiger partial charge in [-0.2, -0.15) is 5.10 Å². The first-order valence-electron chi connectivity index (χ1n) is 7.30. The van der Waals surface area contributed by atoms with Crippen molar-refractivity contribution in [3.8, 4) is 5.75 Å². The topological polar surface area (TPSA) is 33.6 Å². The molecule has 23 heavy (non-hydrogen) atoms. The van der Waals surface area contributed by atoms with E-state index in [2.05, 4.69) is 34.8 Å². The highest BCUT2D eigenvalue weighted by atomic mass is 35.5. The van der Waals surface area contributed by atoms with Crippen LogP contribution in [0.15, 0.2) is 65.8 Å².